The summed E-state index contributed by atoms with van der Waals surface area (Å²) in [4.78, 5) is 14.1. The highest BCUT2D eigenvalue weighted by Crippen LogP contribution is 2.46. The van der Waals surface area contributed by atoms with E-state index in [1.807, 2.05) is 24.1 Å². The topological polar surface area (TPSA) is 20.3 Å². The first-order valence-corrected chi connectivity index (χ1v) is 9.49. The molecule has 0 spiro atoms. The van der Waals surface area contributed by atoms with E-state index in [-0.39, 0.29) is 11.3 Å². The van der Waals surface area contributed by atoms with Crippen LogP contribution in [0, 0.1) is 0 Å². The number of aryl methyl sites for hydroxylation is 1. The van der Waals surface area contributed by atoms with E-state index < -0.39 is 0 Å². The summed E-state index contributed by atoms with van der Waals surface area (Å²) < 4.78 is 0. The number of hydrogen-bond donors (Lipinski definition) is 0. The minimum Gasteiger partial charge on any atom is -0.342 e. The summed E-state index contributed by atoms with van der Waals surface area (Å²) in [6.45, 7) is 2.31. The van der Waals surface area contributed by atoms with E-state index in [0.717, 1.165) is 30.4 Å². The second-order valence-electron chi connectivity index (χ2n) is 7.51. The molecule has 0 bridgehead atoms. The van der Waals surface area contributed by atoms with Crippen LogP contribution in [0.5, 0.6) is 0 Å². The van der Waals surface area contributed by atoms with Crippen molar-refractivity contribution >= 4 is 29.1 Å². The number of carbonyl (C=O) groups is 1. The van der Waals surface area contributed by atoms with E-state index in [1.165, 1.54) is 11.1 Å². The fourth-order valence-electron chi connectivity index (χ4n) is 4.69. The molecule has 1 aliphatic carbocycles. The summed E-state index contributed by atoms with van der Waals surface area (Å²) >= 11 is 12.3. The van der Waals surface area contributed by atoms with Crippen molar-refractivity contribution in [1.82, 2.24) is 4.90 Å². The van der Waals surface area contributed by atoms with Gasteiger partial charge in [0, 0.05) is 35.0 Å². The largest absolute Gasteiger partial charge is 0.342 e. The third-order valence-corrected chi connectivity index (χ3v) is 6.49. The Bertz CT molecular complexity index is 843. The lowest BCUT2D eigenvalue weighted by Gasteiger charge is -2.50. The molecule has 1 aliphatic heterocycles. The van der Waals surface area contributed by atoms with Gasteiger partial charge in [-0.25, -0.2) is 0 Å². The molecule has 0 saturated carbocycles. The first kappa shape index (κ1) is 16.9. The zero-order valence-electron chi connectivity index (χ0n) is 14.5. The van der Waals surface area contributed by atoms with Gasteiger partial charge >= 0.3 is 0 Å². The third kappa shape index (κ3) is 2.76. The molecule has 1 fully saturated rings. The van der Waals surface area contributed by atoms with E-state index in [2.05, 4.69) is 25.1 Å². The lowest BCUT2D eigenvalue weighted by molar-refractivity contribution is -0.138. The maximum Gasteiger partial charge on any atom is 0.222 e. The van der Waals surface area contributed by atoms with E-state index in [9.17, 15) is 4.79 Å². The molecule has 2 nitrogen and oxygen atoms in total. The van der Waals surface area contributed by atoms with Crippen LogP contribution < -0.4 is 0 Å². The molecule has 2 aromatic rings. The van der Waals surface area contributed by atoms with Crippen LogP contribution in [0.25, 0.3) is 11.1 Å². The molecule has 2 aromatic carbocycles. The first-order chi connectivity index (χ1) is 11.9. The molecular formula is C21H21Cl2NO. The number of benzene rings is 2. The van der Waals surface area contributed by atoms with Crippen LogP contribution in [0.1, 0.15) is 37.3 Å². The Balaban J connectivity index is 1.77. The van der Waals surface area contributed by atoms with E-state index >= 15 is 0 Å². The summed E-state index contributed by atoms with van der Waals surface area (Å²) in [6, 6.07) is 12.6. The van der Waals surface area contributed by atoms with E-state index in [4.69, 9.17) is 23.2 Å². The van der Waals surface area contributed by atoms with Crippen molar-refractivity contribution in [2.45, 2.75) is 44.1 Å². The fourth-order valence-corrected chi connectivity index (χ4v) is 5.21. The number of rotatable bonds is 1. The van der Waals surface area contributed by atoms with Crippen LogP contribution in [0.4, 0.5) is 0 Å². The maximum atomic E-state index is 12.1. The van der Waals surface area contributed by atoms with Gasteiger partial charge in [-0.1, -0.05) is 48.3 Å². The van der Waals surface area contributed by atoms with Crippen LogP contribution in [-0.2, 0) is 16.6 Å². The van der Waals surface area contributed by atoms with Crippen LogP contribution in [0.3, 0.4) is 0 Å². The predicted octanol–water partition coefficient (Wildman–Crippen LogP) is 5.49. The van der Waals surface area contributed by atoms with Crippen molar-refractivity contribution in [1.29, 1.82) is 0 Å². The highest BCUT2D eigenvalue weighted by atomic mass is 35.5. The van der Waals surface area contributed by atoms with Gasteiger partial charge in [-0.05, 0) is 59.7 Å². The minimum atomic E-state index is 0.0424. The lowest BCUT2D eigenvalue weighted by atomic mass is 9.63. The molecule has 2 aliphatic rings. The Morgan fingerprint density at radius 2 is 1.76 bits per heavy atom. The number of halogens is 2. The highest BCUT2D eigenvalue weighted by molar-refractivity contribution is 6.35. The summed E-state index contributed by atoms with van der Waals surface area (Å²) in [5.41, 5.74) is 5.00. The summed E-state index contributed by atoms with van der Waals surface area (Å²) in [7, 11) is 1.96. The highest BCUT2D eigenvalue weighted by Gasteiger charge is 2.46. The van der Waals surface area contributed by atoms with Crippen LogP contribution in [-0.4, -0.2) is 23.9 Å². The van der Waals surface area contributed by atoms with Crippen molar-refractivity contribution in [3.63, 3.8) is 0 Å². The standard InChI is InChI=1S/C21H21Cl2NO/c1-21-8-7-20(25)24(2)19(21)6-4-14-9-13(3-5-18(14)21)15-10-16(22)12-17(23)11-15/h3,5,9-12,19H,4,6-8H2,1-2H3/t19?,21-/m1/s1. The average Bonchev–Trinajstić information content (AvgIpc) is 2.57. The molecule has 25 heavy (non-hydrogen) atoms. The molecule has 1 unspecified atom stereocenters. The van der Waals surface area contributed by atoms with Crippen LogP contribution >= 0.6 is 23.2 Å². The SMILES string of the molecule is CN1C(=O)CC[C@]2(C)c3ccc(-c4cc(Cl)cc(Cl)c4)cc3CCC12. The number of fused-ring (bicyclic) bond motifs is 3. The molecule has 2 atom stereocenters. The zero-order valence-corrected chi connectivity index (χ0v) is 16.0. The Morgan fingerprint density at radius 1 is 1.04 bits per heavy atom. The smallest absolute Gasteiger partial charge is 0.222 e. The van der Waals surface area contributed by atoms with E-state index in [0.29, 0.717) is 22.5 Å². The minimum absolute atomic E-state index is 0.0424. The number of hydrogen-bond acceptors (Lipinski definition) is 1. The zero-order chi connectivity index (χ0) is 17.8. The lowest BCUT2D eigenvalue weighted by Crippen LogP contribution is -2.56. The summed E-state index contributed by atoms with van der Waals surface area (Å²) in [5.74, 6) is 0.274. The fraction of sp³-hybridized carbons (Fsp3) is 0.381. The number of amides is 1. The Kier molecular flexibility index (Phi) is 4.09. The summed E-state index contributed by atoms with van der Waals surface area (Å²) in [5, 5.41) is 1.30. The number of nitrogens with zero attached hydrogens (tertiary/aromatic N) is 1. The van der Waals surface area contributed by atoms with Gasteiger partial charge in [-0.15, -0.1) is 0 Å². The Morgan fingerprint density at radius 3 is 2.48 bits per heavy atom. The van der Waals surface area contributed by atoms with Crippen molar-refractivity contribution in [3.05, 3.63) is 57.6 Å². The van der Waals surface area contributed by atoms with Gasteiger partial charge in [-0.3, -0.25) is 4.79 Å². The van der Waals surface area contributed by atoms with Gasteiger partial charge < -0.3 is 4.90 Å². The van der Waals surface area contributed by atoms with Gasteiger partial charge in [0.25, 0.3) is 0 Å². The molecule has 0 aromatic heterocycles. The maximum absolute atomic E-state index is 12.1. The average molecular weight is 374 g/mol. The van der Waals surface area contributed by atoms with Crippen molar-refractivity contribution in [2.24, 2.45) is 0 Å². The molecule has 4 heteroatoms. The van der Waals surface area contributed by atoms with Crippen molar-refractivity contribution in [2.75, 3.05) is 7.05 Å². The molecular weight excluding hydrogens is 353 g/mol. The molecule has 0 radical (unpaired) electrons. The van der Waals surface area contributed by atoms with Gasteiger partial charge in [0.1, 0.15) is 0 Å². The second kappa shape index (κ2) is 6.03. The summed E-state index contributed by atoms with van der Waals surface area (Å²) in [6.07, 6.45) is 3.58. The van der Waals surface area contributed by atoms with Gasteiger partial charge in [0.2, 0.25) is 5.91 Å². The van der Waals surface area contributed by atoms with Crippen LogP contribution in [0.15, 0.2) is 36.4 Å². The number of piperidine rings is 1. The van der Waals surface area contributed by atoms with Crippen LogP contribution in [0.2, 0.25) is 10.0 Å². The molecule has 130 valence electrons. The number of likely N-dealkylation sites (N-methyl/N-ethyl adjacent to an activating group) is 1. The van der Waals surface area contributed by atoms with Gasteiger partial charge in [0.05, 0.1) is 0 Å². The van der Waals surface area contributed by atoms with Gasteiger partial charge in [0.15, 0.2) is 0 Å². The number of carbonyl (C=O) groups excluding carboxylic acids is 1. The second-order valence-corrected chi connectivity index (χ2v) is 8.38. The molecule has 1 amide bonds. The quantitative estimate of drug-likeness (QED) is 0.647. The van der Waals surface area contributed by atoms with E-state index in [1.54, 1.807) is 6.07 Å². The molecule has 0 N–H and O–H groups in total. The molecule has 4 rings (SSSR count). The monoisotopic (exact) mass is 373 g/mol. The van der Waals surface area contributed by atoms with Crippen molar-refractivity contribution in [3.8, 4) is 11.1 Å². The first-order valence-electron chi connectivity index (χ1n) is 8.74. The Labute approximate surface area is 158 Å². The molecule has 1 heterocycles. The van der Waals surface area contributed by atoms with Crippen molar-refractivity contribution < 1.29 is 4.79 Å². The third-order valence-electron chi connectivity index (χ3n) is 6.06. The predicted molar refractivity (Wildman–Crippen MR) is 103 cm³/mol. The molecule has 1 saturated heterocycles. The Hall–Kier alpha value is -1.51. The van der Waals surface area contributed by atoms with Gasteiger partial charge in [-0.2, -0.15) is 0 Å². The normalized spacial score (nSPS) is 25.5. The number of likely N-dealkylation sites (tertiary alicyclic amines) is 1.